The molecule has 2 aliphatic carbocycles. The fraction of sp³-hybridized carbons (Fsp3) is 0.514. The van der Waals surface area contributed by atoms with Crippen molar-refractivity contribution in [1.29, 1.82) is 0 Å². The smallest absolute Gasteiger partial charge is 0.358 e. The van der Waals surface area contributed by atoms with Gasteiger partial charge in [-0.05, 0) is 35.4 Å². The number of aryl methyl sites for hydroxylation is 3. The molecule has 2 aliphatic rings. The minimum absolute atomic E-state index is 0. The Bertz CT molecular complexity index is 967. The van der Waals surface area contributed by atoms with E-state index in [1.807, 2.05) is 0 Å². The van der Waals surface area contributed by atoms with Crippen LogP contribution in [0.1, 0.15) is 102 Å². The molecule has 40 heavy (non-hydrogen) atoms. The van der Waals surface area contributed by atoms with Gasteiger partial charge < -0.3 is 14.9 Å². The van der Waals surface area contributed by atoms with E-state index in [2.05, 4.69) is 88.5 Å². The van der Waals surface area contributed by atoms with Crippen LogP contribution in [0.2, 0.25) is 0 Å². The van der Waals surface area contributed by atoms with E-state index < -0.39 is 0 Å². The van der Waals surface area contributed by atoms with Crippen LogP contribution in [0, 0.1) is 20.8 Å². The third-order valence-corrected chi connectivity index (χ3v) is 8.34. The molecule has 5 rings (SSSR count). The Hall–Kier alpha value is -1.96. The van der Waals surface area contributed by atoms with Crippen LogP contribution in [0.5, 0.6) is 0 Å². The molecular weight excluding hydrogens is 528 g/mol. The van der Waals surface area contributed by atoms with E-state index in [0.29, 0.717) is 0 Å². The summed E-state index contributed by atoms with van der Waals surface area (Å²) in [6.45, 7) is 2.20. The molecule has 220 valence electrons. The molecule has 0 bridgehead atoms. The summed E-state index contributed by atoms with van der Waals surface area (Å²) in [5, 5.41) is 0. The summed E-state index contributed by atoms with van der Waals surface area (Å²) >= 11 is 0. The van der Waals surface area contributed by atoms with Gasteiger partial charge in [0.1, 0.15) is 13.1 Å². The number of aromatic nitrogens is 2. The maximum atomic E-state index is 2.34. The van der Waals surface area contributed by atoms with Gasteiger partial charge in [-0.1, -0.05) is 107 Å². The molecule has 2 heterocycles. The van der Waals surface area contributed by atoms with Crippen LogP contribution in [0.4, 0.5) is 0 Å². The van der Waals surface area contributed by atoms with Gasteiger partial charge in [-0.3, -0.25) is 0 Å². The molecule has 0 spiro atoms. The molecule has 0 atom stereocenters. The molecule has 0 amide bonds. The normalized spacial score (nSPS) is 14.3. The Labute approximate surface area is 258 Å². The van der Waals surface area contributed by atoms with E-state index in [1.54, 1.807) is 0 Å². The average molecular weight is 585 g/mol. The Balaban J connectivity index is 0.000000904. The second-order valence-corrected chi connectivity index (χ2v) is 11.4. The largest absolute Gasteiger partial charge is 2.00 e. The summed E-state index contributed by atoms with van der Waals surface area (Å²) in [6, 6.07) is 19.8. The van der Waals surface area contributed by atoms with Crippen molar-refractivity contribution >= 4 is 0 Å². The molecular formula is C37H56FeN2+2. The van der Waals surface area contributed by atoms with E-state index >= 15 is 0 Å². The topological polar surface area (TPSA) is 7.76 Å². The van der Waals surface area contributed by atoms with Crippen molar-refractivity contribution in [3.05, 3.63) is 99.8 Å². The van der Waals surface area contributed by atoms with Crippen LogP contribution >= 0.6 is 0 Å². The quantitative estimate of drug-likeness (QED) is 0.0867. The molecule has 0 radical (unpaired) electrons. The predicted molar refractivity (Wildman–Crippen MR) is 168 cm³/mol. The van der Waals surface area contributed by atoms with Gasteiger partial charge in [-0.2, -0.15) is 0 Å². The molecule has 0 unspecified atom stereocenters. The van der Waals surface area contributed by atoms with Crippen LogP contribution < -0.4 is 9.13 Å². The second kappa shape index (κ2) is 21.7. The number of hydrogen-bond donors (Lipinski definition) is 0. The average Bonchev–Trinajstić information content (AvgIpc) is 3.70. The van der Waals surface area contributed by atoms with E-state index in [-0.39, 0.29) is 31.9 Å². The van der Waals surface area contributed by atoms with Crippen LogP contribution in [0.25, 0.3) is 11.1 Å². The summed E-state index contributed by atoms with van der Waals surface area (Å²) in [7, 11) is 0. The van der Waals surface area contributed by atoms with Gasteiger partial charge in [-0.25, -0.2) is 9.13 Å². The molecule has 1 aromatic carbocycles. The van der Waals surface area contributed by atoms with Crippen molar-refractivity contribution < 1.29 is 26.2 Å². The molecule has 2 nitrogen and oxygen atoms in total. The van der Waals surface area contributed by atoms with E-state index in [1.165, 1.54) is 113 Å². The first-order valence-corrected chi connectivity index (χ1v) is 15.4. The number of benzene rings is 1. The molecule has 0 saturated heterocycles. The van der Waals surface area contributed by atoms with Crippen LogP contribution in [0.3, 0.4) is 0 Å². The minimum atomic E-state index is 0. The van der Waals surface area contributed by atoms with Crippen molar-refractivity contribution in [2.24, 2.45) is 5.92 Å². The molecule has 2 saturated carbocycles. The number of hydrogen-bond acceptors (Lipinski definition) is 0. The molecule has 2 aromatic heterocycles. The standard InChI is InChI=1S/C30H40N2.C5H10.2CH3.Fe/c1(4-11-27-14-7-8-15-27)2-9-21-31-23-17-29(18-24-31)30-19-25-32(26-20-30)22-10-16-28-12-5-3-6-13-28;1-2-4-5-3-1;;;/h3,5-6,12-13,17-20,23-27H,1-2,4,7-11,14-16,21-22H2;1-5H2;2*1H3;/q+2;;2*-1;+2. The van der Waals surface area contributed by atoms with Crippen LogP contribution in [0.15, 0.2) is 79.4 Å². The summed E-state index contributed by atoms with van der Waals surface area (Å²) < 4.78 is 4.63. The fourth-order valence-corrected chi connectivity index (χ4v) is 5.97. The van der Waals surface area contributed by atoms with Crippen molar-refractivity contribution in [3.8, 4) is 11.1 Å². The minimum Gasteiger partial charge on any atom is -0.358 e. The van der Waals surface area contributed by atoms with E-state index in [9.17, 15) is 0 Å². The molecule has 3 aromatic rings. The summed E-state index contributed by atoms with van der Waals surface area (Å²) in [6.07, 6.45) is 31.7. The Kier molecular flexibility index (Phi) is 19.6. The van der Waals surface area contributed by atoms with Gasteiger partial charge in [0.15, 0.2) is 24.8 Å². The van der Waals surface area contributed by atoms with Gasteiger partial charge >= 0.3 is 17.1 Å². The Morgan fingerprint density at radius 1 is 0.525 bits per heavy atom. The third-order valence-electron chi connectivity index (χ3n) is 8.34. The molecule has 2 fully saturated rings. The van der Waals surface area contributed by atoms with Crippen molar-refractivity contribution in [1.82, 2.24) is 0 Å². The first kappa shape index (κ1) is 36.1. The maximum absolute atomic E-state index is 2.34. The summed E-state index contributed by atoms with van der Waals surface area (Å²) in [4.78, 5) is 0. The number of nitrogens with zero attached hydrogens (tertiary/aromatic N) is 2. The third kappa shape index (κ3) is 13.6. The second-order valence-electron chi connectivity index (χ2n) is 11.4. The van der Waals surface area contributed by atoms with Crippen molar-refractivity contribution in [2.45, 2.75) is 116 Å². The Morgan fingerprint density at radius 2 is 1.00 bits per heavy atom. The van der Waals surface area contributed by atoms with Gasteiger partial charge in [-0.15, -0.1) is 0 Å². The van der Waals surface area contributed by atoms with E-state index in [4.69, 9.17) is 0 Å². The van der Waals surface area contributed by atoms with Gasteiger partial charge in [0.25, 0.3) is 0 Å². The zero-order valence-electron chi connectivity index (χ0n) is 25.6. The number of unbranched alkanes of at least 4 members (excludes halogenated alkanes) is 3. The number of pyridine rings is 2. The van der Waals surface area contributed by atoms with Crippen molar-refractivity contribution in [2.75, 3.05) is 0 Å². The maximum Gasteiger partial charge on any atom is 2.00 e. The summed E-state index contributed by atoms with van der Waals surface area (Å²) in [5.74, 6) is 1.05. The molecule has 0 N–H and O–H groups in total. The van der Waals surface area contributed by atoms with E-state index in [0.717, 1.165) is 25.4 Å². The number of rotatable bonds is 12. The predicted octanol–water partition coefficient (Wildman–Crippen LogP) is 9.55. The van der Waals surface area contributed by atoms with Crippen molar-refractivity contribution in [3.63, 3.8) is 0 Å². The van der Waals surface area contributed by atoms with Gasteiger partial charge in [0, 0.05) is 37.1 Å². The first-order chi connectivity index (χ1) is 18.4. The molecule has 3 heteroatoms. The van der Waals surface area contributed by atoms with Crippen LogP contribution in [-0.4, -0.2) is 0 Å². The fourth-order valence-electron chi connectivity index (χ4n) is 5.97. The first-order valence-electron chi connectivity index (χ1n) is 15.4. The SMILES string of the molecule is C1CCCC1.[CH3-].[CH3-].[Fe+2].c1ccc(CCC[n+]2ccc(-c3cc[n+](CCCCCCC4CCCC4)cc3)cc2)cc1. The molecule has 0 aliphatic heterocycles. The van der Waals surface area contributed by atoms with Gasteiger partial charge in [0.05, 0.1) is 0 Å². The van der Waals surface area contributed by atoms with Crippen LogP contribution in [-0.2, 0) is 36.6 Å². The summed E-state index contributed by atoms with van der Waals surface area (Å²) in [5.41, 5.74) is 4.02. The van der Waals surface area contributed by atoms with Gasteiger partial charge in [0.2, 0.25) is 0 Å². The zero-order chi connectivity index (χ0) is 25.4. The monoisotopic (exact) mass is 584 g/mol. The zero-order valence-corrected chi connectivity index (χ0v) is 26.7. The Morgan fingerprint density at radius 3 is 1.52 bits per heavy atom.